The molecule has 0 saturated heterocycles. The summed E-state index contributed by atoms with van der Waals surface area (Å²) in [6, 6.07) is 0.154. The Hall–Kier alpha value is -0.610. The summed E-state index contributed by atoms with van der Waals surface area (Å²) in [6.45, 7) is 14.2. The van der Waals surface area contributed by atoms with Crippen molar-refractivity contribution in [2.75, 3.05) is 26.2 Å². The van der Waals surface area contributed by atoms with Gasteiger partial charge in [-0.1, -0.05) is 34.6 Å². The molecule has 0 rings (SSSR count). The zero-order valence-corrected chi connectivity index (χ0v) is 13.4. The van der Waals surface area contributed by atoms with Gasteiger partial charge in [-0.15, -0.1) is 0 Å². The fourth-order valence-electron chi connectivity index (χ4n) is 2.22. The standard InChI is InChI=1S/C15H33N3O/c1-6-7-17-15(19)8-14(9-16)18(10-12(2)3)11-13(4)5/h12-14H,6-11,16H2,1-5H3,(H,17,19). The third kappa shape index (κ3) is 9.00. The smallest absolute Gasteiger partial charge is 0.221 e. The largest absolute Gasteiger partial charge is 0.356 e. The van der Waals surface area contributed by atoms with E-state index in [2.05, 4.69) is 44.8 Å². The molecule has 1 amide bonds. The van der Waals surface area contributed by atoms with Crippen LogP contribution in [-0.2, 0) is 4.79 Å². The molecule has 0 aliphatic carbocycles. The molecule has 0 bridgehead atoms. The SMILES string of the molecule is CCCNC(=O)CC(CN)N(CC(C)C)CC(C)C. The molecular weight excluding hydrogens is 238 g/mol. The van der Waals surface area contributed by atoms with Crippen molar-refractivity contribution in [3.8, 4) is 0 Å². The molecule has 1 atom stereocenters. The van der Waals surface area contributed by atoms with Crippen molar-refractivity contribution in [3.63, 3.8) is 0 Å². The molecule has 4 heteroatoms. The molecule has 0 aromatic rings. The van der Waals surface area contributed by atoms with Crippen molar-refractivity contribution in [2.45, 2.75) is 53.5 Å². The number of hydrogen-bond donors (Lipinski definition) is 2. The number of rotatable bonds is 10. The van der Waals surface area contributed by atoms with Gasteiger partial charge in [-0.05, 0) is 18.3 Å². The second kappa shape index (κ2) is 10.2. The molecule has 0 aromatic heterocycles. The number of nitrogens with two attached hydrogens (primary N) is 1. The van der Waals surface area contributed by atoms with Crippen LogP contribution in [0.15, 0.2) is 0 Å². The Kier molecular flexibility index (Phi) is 9.88. The van der Waals surface area contributed by atoms with Crippen molar-refractivity contribution < 1.29 is 4.79 Å². The lowest BCUT2D eigenvalue weighted by atomic mass is 10.1. The second-order valence-electron chi connectivity index (χ2n) is 6.19. The molecule has 0 spiro atoms. The first-order valence-corrected chi connectivity index (χ1v) is 7.61. The molecule has 0 fully saturated rings. The van der Waals surface area contributed by atoms with E-state index in [0.717, 1.165) is 26.1 Å². The lowest BCUT2D eigenvalue weighted by Gasteiger charge is -2.33. The minimum absolute atomic E-state index is 0.120. The van der Waals surface area contributed by atoms with Gasteiger partial charge in [0, 0.05) is 38.6 Å². The van der Waals surface area contributed by atoms with Gasteiger partial charge in [0.2, 0.25) is 5.91 Å². The summed E-state index contributed by atoms with van der Waals surface area (Å²) < 4.78 is 0. The minimum atomic E-state index is 0.120. The van der Waals surface area contributed by atoms with E-state index in [9.17, 15) is 4.79 Å². The van der Waals surface area contributed by atoms with Crippen LogP contribution in [0.5, 0.6) is 0 Å². The van der Waals surface area contributed by atoms with Crippen molar-refractivity contribution in [2.24, 2.45) is 17.6 Å². The van der Waals surface area contributed by atoms with Crippen LogP contribution in [-0.4, -0.2) is 43.0 Å². The molecule has 4 nitrogen and oxygen atoms in total. The Morgan fingerprint density at radius 2 is 1.68 bits per heavy atom. The third-order valence-corrected chi connectivity index (χ3v) is 2.98. The average Bonchev–Trinajstić information content (AvgIpc) is 2.31. The van der Waals surface area contributed by atoms with Crippen LogP contribution in [0.1, 0.15) is 47.5 Å². The van der Waals surface area contributed by atoms with Crippen LogP contribution < -0.4 is 11.1 Å². The maximum absolute atomic E-state index is 11.9. The lowest BCUT2D eigenvalue weighted by Crippen LogP contribution is -2.47. The van der Waals surface area contributed by atoms with E-state index in [4.69, 9.17) is 5.73 Å². The fraction of sp³-hybridized carbons (Fsp3) is 0.933. The van der Waals surface area contributed by atoms with Crippen LogP contribution in [0.3, 0.4) is 0 Å². The van der Waals surface area contributed by atoms with Gasteiger partial charge in [0.1, 0.15) is 0 Å². The molecule has 0 radical (unpaired) electrons. The normalized spacial score (nSPS) is 13.3. The molecule has 0 aromatic carbocycles. The average molecular weight is 271 g/mol. The number of amides is 1. The highest BCUT2D eigenvalue weighted by molar-refractivity contribution is 5.76. The van der Waals surface area contributed by atoms with E-state index in [0.29, 0.717) is 24.8 Å². The summed E-state index contributed by atoms with van der Waals surface area (Å²) in [7, 11) is 0. The quantitative estimate of drug-likeness (QED) is 0.637. The molecule has 3 N–H and O–H groups in total. The first kappa shape index (κ1) is 18.4. The van der Waals surface area contributed by atoms with Gasteiger partial charge in [0.05, 0.1) is 0 Å². The van der Waals surface area contributed by atoms with Crippen molar-refractivity contribution in [3.05, 3.63) is 0 Å². The second-order valence-corrected chi connectivity index (χ2v) is 6.19. The van der Waals surface area contributed by atoms with Crippen molar-refractivity contribution in [1.29, 1.82) is 0 Å². The number of nitrogens with one attached hydrogen (secondary N) is 1. The molecular formula is C15H33N3O. The van der Waals surface area contributed by atoms with Gasteiger partial charge in [-0.25, -0.2) is 0 Å². The van der Waals surface area contributed by atoms with Crippen LogP contribution in [0.2, 0.25) is 0 Å². The Morgan fingerprint density at radius 1 is 1.16 bits per heavy atom. The van der Waals surface area contributed by atoms with Gasteiger partial charge >= 0.3 is 0 Å². The fourth-order valence-corrected chi connectivity index (χ4v) is 2.22. The number of carbonyl (C=O) groups excluding carboxylic acids is 1. The molecule has 0 saturated carbocycles. The minimum Gasteiger partial charge on any atom is -0.356 e. The van der Waals surface area contributed by atoms with Crippen LogP contribution in [0, 0.1) is 11.8 Å². The summed E-state index contributed by atoms with van der Waals surface area (Å²) in [5.74, 6) is 1.30. The van der Waals surface area contributed by atoms with Gasteiger partial charge in [-0.2, -0.15) is 0 Å². The zero-order valence-electron chi connectivity index (χ0n) is 13.4. The topological polar surface area (TPSA) is 58.4 Å². The van der Waals surface area contributed by atoms with Crippen LogP contribution in [0.4, 0.5) is 0 Å². The van der Waals surface area contributed by atoms with Gasteiger partial charge in [-0.3, -0.25) is 9.69 Å². The van der Waals surface area contributed by atoms with E-state index >= 15 is 0 Å². The Morgan fingerprint density at radius 3 is 2.05 bits per heavy atom. The monoisotopic (exact) mass is 271 g/mol. The molecule has 114 valence electrons. The summed E-state index contributed by atoms with van der Waals surface area (Å²) >= 11 is 0. The number of nitrogens with zero attached hydrogens (tertiary/aromatic N) is 1. The summed E-state index contributed by atoms with van der Waals surface area (Å²) in [5, 5.41) is 2.94. The molecule has 0 aliphatic heterocycles. The molecule has 19 heavy (non-hydrogen) atoms. The Bertz CT molecular complexity index is 232. The maximum atomic E-state index is 11.9. The predicted molar refractivity (Wildman–Crippen MR) is 82.0 cm³/mol. The molecule has 0 heterocycles. The lowest BCUT2D eigenvalue weighted by molar-refractivity contribution is -0.122. The van der Waals surface area contributed by atoms with E-state index in [1.807, 2.05) is 0 Å². The molecule has 0 aliphatic rings. The summed E-state index contributed by atoms with van der Waals surface area (Å²) in [4.78, 5) is 14.2. The highest BCUT2D eigenvalue weighted by atomic mass is 16.1. The van der Waals surface area contributed by atoms with E-state index < -0.39 is 0 Å². The van der Waals surface area contributed by atoms with Crippen LogP contribution >= 0.6 is 0 Å². The summed E-state index contributed by atoms with van der Waals surface area (Å²) in [5.41, 5.74) is 5.88. The van der Waals surface area contributed by atoms with Gasteiger partial charge < -0.3 is 11.1 Å². The van der Waals surface area contributed by atoms with Crippen molar-refractivity contribution in [1.82, 2.24) is 10.2 Å². The van der Waals surface area contributed by atoms with E-state index in [1.165, 1.54) is 0 Å². The van der Waals surface area contributed by atoms with E-state index in [-0.39, 0.29) is 11.9 Å². The summed E-state index contributed by atoms with van der Waals surface area (Å²) in [6.07, 6.45) is 1.48. The first-order chi connectivity index (χ1) is 8.90. The Balaban J connectivity index is 4.49. The highest BCUT2D eigenvalue weighted by Gasteiger charge is 2.21. The van der Waals surface area contributed by atoms with Crippen LogP contribution in [0.25, 0.3) is 0 Å². The molecule has 1 unspecified atom stereocenters. The first-order valence-electron chi connectivity index (χ1n) is 7.61. The van der Waals surface area contributed by atoms with Gasteiger partial charge in [0.15, 0.2) is 0 Å². The number of carbonyl (C=O) groups is 1. The predicted octanol–water partition coefficient (Wildman–Crippen LogP) is 1.84. The number of hydrogen-bond acceptors (Lipinski definition) is 3. The highest BCUT2D eigenvalue weighted by Crippen LogP contribution is 2.10. The third-order valence-electron chi connectivity index (χ3n) is 2.98. The van der Waals surface area contributed by atoms with Gasteiger partial charge in [0.25, 0.3) is 0 Å². The maximum Gasteiger partial charge on any atom is 0.221 e. The van der Waals surface area contributed by atoms with E-state index in [1.54, 1.807) is 0 Å². The Labute approximate surface area is 119 Å². The van der Waals surface area contributed by atoms with Crippen molar-refractivity contribution >= 4 is 5.91 Å². The zero-order chi connectivity index (χ0) is 14.8.